The number of rotatable bonds is 5. The van der Waals surface area contributed by atoms with Crippen LogP contribution in [0, 0.1) is 0 Å². The summed E-state index contributed by atoms with van der Waals surface area (Å²) in [6.45, 7) is 1.84. The summed E-state index contributed by atoms with van der Waals surface area (Å²) in [7, 11) is 0. The van der Waals surface area contributed by atoms with E-state index in [1.165, 1.54) is 11.3 Å². The lowest BCUT2D eigenvalue weighted by molar-refractivity contribution is -0.115. The van der Waals surface area contributed by atoms with Gasteiger partial charge in [-0.05, 0) is 30.2 Å². The lowest BCUT2D eigenvalue weighted by Crippen LogP contribution is -2.32. The van der Waals surface area contributed by atoms with Crippen LogP contribution in [0.5, 0.6) is 0 Å². The third-order valence-corrected chi connectivity index (χ3v) is 6.08. The molecule has 1 heterocycles. The number of hydrogen-bond donors (Lipinski definition) is 2. The Balaban J connectivity index is 1.71. The highest BCUT2D eigenvalue weighted by atomic mass is 35.5. The zero-order valence-electron chi connectivity index (χ0n) is 14.2. The quantitative estimate of drug-likeness (QED) is 0.526. The van der Waals surface area contributed by atoms with E-state index in [4.69, 9.17) is 34.8 Å². The van der Waals surface area contributed by atoms with Gasteiger partial charge in [0.2, 0.25) is 5.91 Å². The Kier molecular flexibility index (Phi) is 6.27. The first kappa shape index (κ1) is 20.0. The number of carbonyl (C=O) groups is 2. The van der Waals surface area contributed by atoms with Crippen molar-refractivity contribution in [2.75, 3.05) is 11.9 Å². The molecule has 0 atom stereocenters. The second-order valence-electron chi connectivity index (χ2n) is 5.75. The van der Waals surface area contributed by atoms with Crippen molar-refractivity contribution >= 4 is 73.7 Å². The van der Waals surface area contributed by atoms with Crippen LogP contribution in [-0.4, -0.2) is 18.4 Å². The number of halogens is 3. The molecule has 0 saturated heterocycles. The van der Waals surface area contributed by atoms with Crippen molar-refractivity contribution in [2.45, 2.75) is 13.3 Å². The normalized spacial score (nSPS) is 10.8. The van der Waals surface area contributed by atoms with Gasteiger partial charge in [-0.1, -0.05) is 59.9 Å². The number of anilines is 1. The van der Waals surface area contributed by atoms with Crippen molar-refractivity contribution in [1.29, 1.82) is 0 Å². The number of thiophene rings is 1. The summed E-state index contributed by atoms with van der Waals surface area (Å²) in [5.74, 6) is -0.755. The Bertz CT molecular complexity index is 1030. The van der Waals surface area contributed by atoms with E-state index < -0.39 is 5.91 Å². The lowest BCUT2D eigenvalue weighted by Gasteiger charge is -2.10. The van der Waals surface area contributed by atoms with Gasteiger partial charge in [-0.15, -0.1) is 11.3 Å². The molecule has 27 heavy (non-hydrogen) atoms. The molecule has 0 aliphatic heterocycles. The van der Waals surface area contributed by atoms with Gasteiger partial charge in [0.1, 0.15) is 4.88 Å². The maximum Gasteiger partial charge on any atom is 0.263 e. The molecule has 1 aromatic heterocycles. The maximum atomic E-state index is 12.5. The van der Waals surface area contributed by atoms with Crippen LogP contribution in [0.2, 0.25) is 15.1 Å². The molecule has 2 aromatic carbocycles. The van der Waals surface area contributed by atoms with E-state index in [1.54, 1.807) is 12.1 Å². The van der Waals surface area contributed by atoms with Crippen LogP contribution in [0.15, 0.2) is 36.4 Å². The molecule has 0 unspecified atom stereocenters. The van der Waals surface area contributed by atoms with Gasteiger partial charge in [-0.3, -0.25) is 9.59 Å². The van der Waals surface area contributed by atoms with Gasteiger partial charge in [0.25, 0.3) is 5.91 Å². The number of amides is 2. The second-order valence-corrected chi connectivity index (χ2v) is 8.02. The van der Waals surface area contributed by atoms with Gasteiger partial charge in [0.15, 0.2) is 0 Å². The number of carbonyl (C=O) groups excluding carboxylic acids is 2. The predicted octanol–water partition coefficient (Wildman–Crippen LogP) is 5.79. The van der Waals surface area contributed by atoms with Crippen LogP contribution in [0.1, 0.15) is 22.2 Å². The third-order valence-electron chi connectivity index (χ3n) is 3.94. The smallest absolute Gasteiger partial charge is 0.263 e. The Hall–Kier alpha value is -1.79. The zero-order chi connectivity index (χ0) is 19.6. The highest BCUT2D eigenvalue weighted by Gasteiger charge is 2.20. The molecule has 140 valence electrons. The summed E-state index contributed by atoms with van der Waals surface area (Å²) < 4.78 is 0.712. The lowest BCUT2D eigenvalue weighted by atomic mass is 10.1. The van der Waals surface area contributed by atoms with Crippen LogP contribution in [0.3, 0.4) is 0 Å². The van der Waals surface area contributed by atoms with Crippen molar-refractivity contribution in [2.24, 2.45) is 0 Å². The van der Waals surface area contributed by atoms with Gasteiger partial charge >= 0.3 is 0 Å². The number of aryl methyl sites for hydroxylation is 1. The third kappa shape index (κ3) is 4.38. The molecule has 0 saturated carbocycles. The average Bonchev–Trinajstić information content (AvgIpc) is 2.96. The van der Waals surface area contributed by atoms with E-state index in [2.05, 4.69) is 10.6 Å². The molecular weight excluding hydrogens is 427 g/mol. The average molecular weight is 442 g/mol. The van der Waals surface area contributed by atoms with Crippen molar-refractivity contribution in [3.8, 4) is 0 Å². The van der Waals surface area contributed by atoms with E-state index in [0.29, 0.717) is 20.1 Å². The number of benzene rings is 2. The molecule has 0 fully saturated rings. The highest BCUT2D eigenvalue weighted by Crippen LogP contribution is 2.41. The van der Waals surface area contributed by atoms with Gasteiger partial charge in [0.05, 0.1) is 16.6 Å². The molecule has 3 rings (SSSR count). The minimum absolute atomic E-state index is 0.171. The molecule has 2 amide bonds. The van der Waals surface area contributed by atoms with E-state index in [1.807, 2.05) is 31.2 Å². The Morgan fingerprint density at radius 2 is 1.85 bits per heavy atom. The van der Waals surface area contributed by atoms with Gasteiger partial charge in [0, 0.05) is 20.8 Å². The van der Waals surface area contributed by atoms with Crippen LogP contribution in [0.4, 0.5) is 5.69 Å². The Labute approximate surface area is 175 Å². The highest BCUT2D eigenvalue weighted by molar-refractivity contribution is 7.21. The van der Waals surface area contributed by atoms with Crippen molar-refractivity contribution < 1.29 is 9.59 Å². The molecule has 0 radical (unpaired) electrons. The fraction of sp³-hybridized carbons (Fsp3) is 0.158. The summed E-state index contributed by atoms with van der Waals surface area (Å²) >= 11 is 19.7. The molecular formula is C19H15Cl3N2O2S. The molecule has 8 heteroatoms. The van der Waals surface area contributed by atoms with Crippen molar-refractivity contribution in [3.05, 3.63) is 61.9 Å². The standard InChI is InChI=1S/C19H15Cl3N2O2S/c1-2-10-5-3-4-6-13(10)24-15(25)9-23-19(26)18-17(22)16-12(21)7-11(20)8-14(16)27-18/h3-8H,2,9H2,1H3,(H,23,26)(H,24,25). The van der Waals surface area contributed by atoms with E-state index in [0.717, 1.165) is 17.7 Å². The first-order chi connectivity index (χ1) is 12.9. The predicted molar refractivity (Wildman–Crippen MR) is 114 cm³/mol. The molecule has 0 bridgehead atoms. The molecule has 2 N–H and O–H groups in total. The summed E-state index contributed by atoms with van der Waals surface area (Å²) in [6.07, 6.45) is 0.795. The van der Waals surface area contributed by atoms with E-state index >= 15 is 0 Å². The minimum Gasteiger partial charge on any atom is -0.342 e. The SMILES string of the molecule is CCc1ccccc1NC(=O)CNC(=O)c1sc2cc(Cl)cc(Cl)c2c1Cl. The molecule has 0 aliphatic carbocycles. The maximum absolute atomic E-state index is 12.5. The molecule has 4 nitrogen and oxygen atoms in total. The first-order valence-corrected chi connectivity index (χ1v) is 10.1. The largest absolute Gasteiger partial charge is 0.342 e. The topological polar surface area (TPSA) is 58.2 Å². The van der Waals surface area contributed by atoms with Crippen molar-refractivity contribution in [1.82, 2.24) is 5.32 Å². The van der Waals surface area contributed by atoms with Gasteiger partial charge in [-0.2, -0.15) is 0 Å². The first-order valence-electron chi connectivity index (χ1n) is 8.13. The molecule has 0 spiro atoms. The summed E-state index contributed by atoms with van der Waals surface area (Å²) in [5.41, 5.74) is 1.76. The number of nitrogens with one attached hydrogen (secondary N) is 2. The Morgan fingerprint density at radius 3 is 2.59 bits per heavy atom. The fourth-order valence-corrected chi connectivity index (χ4v) is 4.94. The van der Waals surface area contributed by atoms with Gasteiger partial charge < -0.3 is 10.6 Å². The fourth-order valence-electron chi connectivity index (χ4n) is 2.64. The van der Waals surface area contributed by atoms with Crippen LogP contribution in [0.25, 0.3) is 10.1 Å². The second kappa shape index (κ2) is 8.48. The minimum atomic E-state index is -0.438. The Morgan fingerprint density at radius 1 is 1.11 bits per heavy atom. The van der Waals surface area contributed by atoms with E-state index in [9.17, 15) is 9.59 Å². The summed E-state index contributed by atoms with van der Waals surface area (Å²) in [4.78, 5) is 24.9. The van der Waals surface area contributed by atoms with Crippen LogP contribution >= 0.6 is 46.1 Å². The van der Waals surface area contributed by atoms with Crippen LogP contribution < -0.4 is 10.6 Å². The monoisotopic (exact) mass is 440 g/mol. The molecule has 0 aliphatic rings. The number of fused-ring (bicyclic) bond motifs is 1. The van der Waals surface area contributed by atoms with Gasteiger partial charge in [-0.25, -0.2) is 0 Å². The van der Waals surface area contributed by atoms with E-state index in [-0.39, 0.29) is 22.4 Å². The van der Waals surface area contributed by atoms with Crippen molar-refractivity contribution in [3.63, 3.8) is 0 Å². The summed E-state index contributed by atoms with van der Waals surface area (Å²) in [6, 6.07) is 10.8. The number of para-hydroxylation sites is 1. The molecule has 3 aromatic rings. The zero-order valence-corrected chi connectivity index (χ0v) is 17.3. The van der Waals surface area contributed by atoms with Crippen LogP contribution in [-0.2, 0) is 11.2 Å². The number of hydrogen-bond acceptors (Lipinski definition) is 3. The summed E-state index contributed by atoms with van der Waals surface area (Å²) in [5, 5.41) is 7.08.